The van der Waals surface area contributed by atoms with Crippen LogP contribution < -0.4 is 5.32 Å². The van der Waals surface area contributed by atoms with E-state index in [2.05, 4.69) is 5.32 Å². The standard InChI is InChI=1S/C18H11Cl2NO5/c19-9-1-4-13(20)12(7-9)15-5-6-16(26-15)17(23)21-10-2-3-11(18(24)25)14(22)8-10/h1-8,22H,(H,21,23)(H,24,25). The summed E-state index contributed by atoms with van der Waals surface area (Å²) in [5, 5.41) is 22.0. The Kier molecular flexibility index (Phi) is 4.88. The summed E-state index contributed by atoms with van der Waals surface area (Å²) in [5.74, 6) is -1.92. The van der Waals surface area contributed by atoms with Crippen molar-refractivity contribution >= 4 is 40.8 Å². The molecule has 0 fully saturated rings. The molecule has 0 aliphatic rings. The van der Waals surface area contributed by atoms with E-state index in [1.165, 1.54) is 18.2 Å². The lowest BCUT2D eigenvalue weighted by Crippen LogP contribution is -2.11. The highest BCUT2D eigenvalue weighted by Gasteiger charge is 2.16. The average molecular weight is 392 g/mol. The van der Waals surface area contributed by atoms with Crippen LogP contribution in [0.25, 0.3) is 11.3 Å². The second-order valence-electron chi connectivity index (χ2n) is 5.28. The number of carbonyl (C=O) groups excluding carboxylic acids is 1. The van der Waals surface area contributed by atoms with Gasteiger partial charge in [0.2, 0.25) is 0 Å². The van der Waals surface area contributed by atoms with Gasteiger partial charge in [-0.1, -0.05) is 23.2 Å². The second-order valence-corrected chi connectivity index (χ2v) is 6.12. The van der Waals surface area contributed by atoms with Crippen molar-refractivity contribution in [1.29, 1.82) is 0 Å². The van der Waals surface area contributed by atoms with Gasteiger partial charge in [0.1, 0.15) is 17.1 Å². The van der Waals surface area contributed by atoms with Gasteiger partial charge in [-0.25, -0.2) is 4.79 Å². The maximum absolute atomic E-state index is 12.3. The number of hydrogen-bond acceptors (Lipinski definition) is 4. The van der Waals surface area contributed by atoms with E-state index in [-0.39, 0.29) is 17.0 Å². The zero-order chi connectivity index (χ0) is 18.8. The van der Waals surface area contributed by atoms with E-state index in [0.717, 1.165) is 6.07 Å². The molecule has 3 N–H and O–H groups in total. The number of rotatable bonds is 4. The number of phenols is 1. The van der Waals surface area contributed by atoms with Crippen LogP contribution in [0.2, 0.25) is 10.0 Å². The normalized spacial score (nSPS) is 10.5. The first-order valence-electron chi connectivity index (χ1n) is 7.28. The van der Waals surface area contributed by atoms with Gasteiger partial charge in [-0.05, 0) is 42.5 Å². The van der Waals surface area contributed by atoms with Crippen molar-refractivity contribution in [2.75, 3.05) is 5.32 Å². The first-order chi connectivity index (χ1) is 12.3. The molecule has 1 amide bonds. The maximum Gasteiger partial charge on any atom is 0.339 e. The van der Waals surface area contributed by atoms with Gasteiger partial charge in [0.25, 0.3) is 5.91 Å². The fourth-order valence-electron chi connectivity index (χ4n) is 2.27. The molecule has 0 saturated carbocycles. The Morgan fingerprint density at radius 2 is 1.77 bits per heavy atom. The molecule has 132 valence electrons. The molecule has 8 heteroatoms. The van der Waals surface area contributed by atoms with Crippen molar-refractivity contribution in [2.24, 2.45) is 0 Å². The molecule has 1 heterocycles. The molecule has 0 saturated heterocycles. The van der Waals surface area contributed by atoms with E-state index >= 15 is 0 Å². The minimum atomic E-state index is -1.27. The average Bonchev–Trinajstić information content (AvgIpc) is 3.06. The number of furan rings is 1. The van der Waals surface area contributed by atoms with Crippen molar-refractivity contribution in [1.82, 2.24) is 0 Å². The van der Waals surface area contributed by atoms with Gasteiger partial charge in [0.15, 0.2) is 5.76 Å². The zero-order valence-corrected chi connectivity index (χ0v) is 14.5. The molecule has 0 atom stereocenters. The molecule has 0 aliphatic heterocycles. The fraction of sp³-hybridized carbons (Fsp3) is 0. The lowest BCUT2D eigenvalue weighted by atomic mass is 10.2. The van der Waals surface area contributed by atoms with Crippen molar-refractivity contribution in [3.8, 4) is 17.1 Å². The highest BCUT2D eigenvalue weighted by Crippen LogP contribution is 2.32. The zero-order valence-electron chi connectivity index (χ0n) is 13.0. The van der Waals surface area contributed by atoms with Crippen LogP contribution >= 0.6 is 23.2 Å². The smallest absolute Gasteiger partial charge is 0.339 e. The molecule has 2 aromatic carbocycles. The van der Waals surface area contributed by atoms with Crippen molar-refractivity contribution in [2.45, 2.75) is 0 Å². The van der Waals surface area contributed by atoms with Crippen molar-refractivity contribution in [3.63, 3.8) is 0 Å². The van der Waals surface area contributed by atoms with Gasteiger partial charge in [-0.15, -0.1) is 0 Å². The van der Waals surface area contributed by atoms with E-state index < -0.39 is 17.6 Å². The number of halogens is 2. The molecule has 0 spiro atoms. The quantitative estimate of drug-likeness (QED) is 0.586. The molecule has 0 radical (unpaired) electrons. The highest BCUT2D eigenvalue weighted by atomic mass is 35.5. The van der Waals surface area contributed by atoms with Gasteiger partial charge < -0.3 is 19.9 Å². The SMILES string of the molecule is O=C(Nc1ccc(C(=O)O)c(O)c1)c1ccc(-c2cc(Cl)ccc2Cl)o1. The summed E-state index contributed by atoms with van der Waals surface area (Å²) in [6.07, 6.45) is 0. The second kappa shape index (κ2) is 7.11. The Morgan fingerprint density at radius 3 is 2.46 bits per heavy atom. The molecule has 0 bridgehead atoms. The summed E-state index contributed by atoms with van der Waals surface area (Å²) in [6.45, 7) is 0. The Bertz CT molecular complexity index is 1010. The topological polar surface area (TPSA) is 99.8 Å². The fourth-order valence-corrected chi connectivity index (χ4v) is 2.66. The first-order valence-corrected chi connectivity index (χ1v) is 8.03. The molecule has 1 aromatic heterocycles. The van der Waals surface area contributed by atoms with Crippen molar-refractivity contribution in [3.05, 3.63) is 69.9 Å². The molecule has 3 aromatic rings. The molecule has 3 rings (SSSR count). The number of anilines is 1. The third kappa shape index (κ3) is 3.66. The summed E-state index contributed by atoms with van der Waals surface area (Å²) in [4.78, 5) is 23.2. The number of nitrogens with one attached hydrogen (secondary N) is 1. The number of benzene rings is 2. The molecular weight excluding hydrogens is 381 g/mol. The van der Waals surface area contributed by atoms with Gasteiger partial charge in [-0.2, -0.15) is 0 Å². The van der Waals surface area contributed by atoms with E-state index in [0.29, 0.717) is 21.4 Å². The lowest BCUT2D eigenvalue weighted by molar-refractivity contribution is 0.0693. The van der Waals surface area contributed by atoms with Crippen LogP contribution in [-0.2, 0) is 0 Å². The third-order valence-electron chi connectivity index (χ3n) is 3.51. The Morgan fingerprint density at radius 1 is 1.00 bits per heavy atom. The molecular formula is C18H11Cl2NO5. The molecule has 26 heavy (non-hydrogen) atoms. The Labute approximate surface area is 157 Å². The van der Waals surface area contributed by atoms with E-state index in [1.54, 1.807) is 24.3 Å². The number of hydrogen-bond donors (Lipinski definition) is 3. The molecule has 6 nitrogen and oxygen atoms in total. The van der Waals surface area contributed by atoms with Crippen LogP contribution in [-0.4, -0.2) is 22.1 Å². The van der Waals surface area contributed by atoms with Crippen LogP contribution in [0.3, 0.4) is 0 Å². The van der Waals surface area contributed by atoms with Gasteiger partial charge in [-0.3, -0.25) is 4.79 Å². The summed E-state index contributed by atoms with van der Waals surface area (Å²) >= 11 is 12.1. The minimum Gasteiger partial charge on any atom is -0.507 e. The Balaban J connectivity index is 1.81. The first kappa shape index (κ1) is 17.8. The van der Waals surface area contributed by atoms with Crippen LogP contribution in [0.4, 0.5) is 5.69 Å². The van der Waals surface area contributed by atoms with Gasteiger partial charge in [0.05, 0.1) is 5.02 Å². The number of aromatic hydroxyl groups is 1. The van der Waals surface area contributed by atoms with E-state index in [1.807, 2.05) is 0 Å². The summed E-state index contributed by atoms with van der Waals surface area (Å²) in [5.41, 5.74) is 0.497. The number of carbonyl (C=O) groups is 2. The predicted octanol–water partition coefficient (Wildman–Crippen LogP) is 4.91. The van der Waals surface area contributed by atoms with E-state index in [9.17, 15) is 14.7 Å². The Hall–Kier alpha value is -2.96. The predicted molar refractivity (Wildman–Crippen MR) is 97.2 cm³/mol. The van der Waals surface area contributed by atoms with E-state index in [4.69, 9.17) is 32.7 Å². The number of amides is 1. The summed E-state index contributed by atoms with van der Waals surface area (Å²) in [7, 11) is 0. The number of carboxylic acid groups (broad SMARTS) is 1. The highest BCUT2D eigenvalue weighted by molar-refractivity contribution is 6.35. The monoisotopic (exact) mass is 391 g/mol. The summed E-state index contributed by atoms with van der Waals surface area (Å²) in [6, 6.07) is 11.6. The largest absolute Gasteiger partial charge is 0.507 e. The summed E-state index contributed by atoms with van der Waals surface area (Å²) < 4.78 is 5.52. The molecule has 0 aliphatic carbocycles. The van der Waals surface area contributed by atoms with Crippen LogP contribution in [0.1, 0.15) is 20.9 Å². The third-order valence-corrected chi connectivity index (χ3v) is 4.07. The van der Waals surface area contributed by atoms with Crippen LogP contribution in [0.5, 0.6) is 5.75 Å². The number of aromatic carboxylic acids is 1. The van der Waals surface area contributed by atoms with Crippen LogP contribution in [0.15, 0.2) is 52.9 Å². The van der Waals surface area contributed by atoms with Crippen molar-refractivity contribution < 1.29 is 24.2 Å². The minimum absolute atomic E-state index is 0.0119. The maximum atomic E-state index is 12.3. The van der Waals surface area contributed by atoms with Crippen LogP contribution in [0, 0.1) is 0 Å². The van der Waals surface area contributed by atoms with Gasteiger partial charge in [0, 0.05) is 22.3 Å². The molecule has 0 unspecified atom stereocenters. The number of carboxylic acids is 1. The lowest BCUT2D eigenvalue weighted by Gasteiger charge is -2.06. The van der Waals surface area contributed by atoms with Gasteiger partial charge >= 0.3 is 5.97 Å².